The van der Waals surface area contributed by atoms with Gasteiger partial charge in [0.2, 0.25) is 0 Å². The van der Waals surface area contributed by atoms with Crippen LogP contribution in [0.4, 0.5) is 0 Å². The first-order valence-corrected chi connectivity index (χ1v) is 7.63. The standard InChI is InChI=1S/C16H24N2O/c1-12-10-14-15(6-5-7-16(14)19)18(12)11-13(2)17-8-3-4-9-17/h10,13H,3-9,11H2,1-2H3. The summed E-state index contributed by atoms with van der Waals surface area (Å²) in [6.45, 7) is 7.98. The number of fused-ring (bicyclic) bond motifs is 1. The Labute approximate surface area is 115 Å². The highest BCUT2D eigenvalue weighted by atomic mass is 16.1. The molecule has 1 aliphatic carbocycles. The molecule has 1 aromatic rings. The lowest BCUT2D eigenvalue weighted by Gasteiger charge is -2.26. The summed E-state index contributed by atoms with van der Waals surface area (Å²) < 4.78 is 2.40. The normalized spacial score (nSPS) is 21.7. The van der Waals surface area contributed by atoms with Gasteiger partial charge in [0.15, 0.2) is 5.78 Å². The summed E-state index contributed by atoms with van der Waals surface area (Å²) in [6.07, 6.45) is 5.50. The Hall–Kier alpha value is -1.09. The van der Waals surface area contributed by atoms with Crippen molar-refractivity contribution >= 4 is 5.78 Å². The van der Waals surface area contributed by atoms with Gasteiger partial charge in [0.25, 0.3) is 0 Å². The number of aromatic nitrogens is 1. The highest BCUT2D eigenvalue weighted by Crippen LogP contribution is 2.26. The Balaban J connectivity index is 1.82. The highest BCUT2D eigenvalue weighted by Gasteiger charge is 2.25. The summed E-state index contributed by atoms with van der Waals surface area (Å²) >= 11 is 0. The number of carbonyl (C=O) groups is 1. The zero-order valence-electron chi connectivity index (χ0n) is 12.1. The molecule has 0 aromatic carbocycles. The topological polar surface area (TPSA) is 25.2 Å². The van der Waals surface area contributed by atoms with Gasteiger partial charge in [-0.2, -0.15) is 0 Å². The Morgan fingerprint density at radius 3 is 2.68 bits per heavy atom. The lowest BCUT2D eigenvalue weighted by Crippen LogP contribution is -2.34. The van der Waals surface area contributed by atoms with Crippen LogP contribution in [0.1, 0.15) is 54.4 Å². The van der Waals surface area contributed by atoms with Crippen molar-refractivity contribution < 1.29 is 4.79 Å². The van der Waals surface area contributed by atoms with E-state index in [0.717, 1.165) is 31.4 Å². The maximum absolute atomic E-state index is 12.0. The fourth-order valence-electron chi connectivity index (χ4n) is 3.61. The molecule has 1 atom stereocenters. The van der Waals surface area contributed by atoms with Gasteiger partial charge >= 0.3 is 0 Å². The molecule has 3 heteroatoms. The fourth-order valence-corrected chi connectivity index (χ4v) is 3.61. The van der Waals surface area contributed by atoms with Crippen LogP contribution >= 0.6 is 0 Å². The molecule has 19 heavy (non-hydrogen) atoms. The van der Waals surface area contributed by atoms with E-state index in [1.54, 1.807) is 0 Å². The average Bonchev–Trinajstić information content (AvgIpc) is 3.00. The van der Waals surface area contributed by atoms with E-state index in [-0.39, 0.29) is 0 Å². The van der Waals surface area contributed by atoms with Crippen molar-refractivity contribution in [3.63, 3.8) is 0 Å². The number of nitrogens with zero attached hydrogens (tertiary/aromatic N) is 2. The van der Waals surface area contributed by atoms with E-state index in [2.05, 4.69) is 29.4 Å². The van der Waals surface area contributed by atoms with Gasteiger partial charge in [-0.25, -0.2) is 0 Å². The summed E-state index contributed by atoms with van der Waals surface area (Å²) in [5.74, 6) is 0.344. The zero-order chi connectivity index (χ0) is 13.4. The molecule has 1 aromatic heterocycles. The number of ketones is 1. The van der Waals surface area contributed by atoms with Gasteiger partial charge in [-0.15, -0.1) is 0 Å². The van der Waals surface area contributed by atoms with E-state index >= 15 is 0 Å². The molecule has 1 unspecified atom stereocenters. The second kappa shape index (κ2) is 5.12. The van der Waals surface area contributed by atoms with Crippen molar-refractivity contribution in [3.05, 3.63) is 23.0 Å². The maximum atomic E-state index is 12.0. The van der Waals surface area contributed by atoms with Gasteiger partial charge in [-0.1, -0.05) is 0 Å². The molecule has 1 fully saturated rings. The summed E-state index contributed by atoms with van der Waals surface area (Å²) in [5, 5.41) is 0. The molecule has 2 aliphatic rings. The van der Waals surface area contributed by atoms with Crippen molar-refractivity contribution in [2.75, 3.05) is 13.1 Å². The van der Waals surface area contributed by atoms with E-state index in [1.165, 1.54) is 37.3 Å². The molecule has 1 aliphatic heterocycles. The van der Waals surface area contributed by atoms with Gasteiger partial charge in [0.1, 0.15) is 0 Å². The van der Waals surface area contributed by atoms with Crippen molar-refractivity contribution in [2.45, 2.75) is 58.5 Å². The lowest BCUT2D eigenvalue weighted by molar-refractivity contribution is 0.0971. The summed E-state index contributed by atoms with van der Waals surface area (Å²) in [4.78, 5) is 14.5. The van der Waals surface area contributed by atoms with Crippen molar-refractivity contribution in [1.82, 2.24) is 9.47 Å². The van der Waals surface area contributed by atoms with Crippen LogP contribution in [0, 0.1) is 6.92 Å². The maximum Gasteiger partial charge on any atom is 0.164 e. The van der Waals surface area contributed by atoms with E-state index in [4.69, 9.17) is 0 Å². The van der Waals surface area contributed by atoms with Crippen LogP contribution in [0.15, 0.2) is 6.07 Å². The van der Waals surface area contributed by atoms with Gasteiger partial charge in [-0.05, 0) is 58.7 Å². The van der Waals surface area contributed by atoms with Crippen LogP contribution in [0.25, 0.3) is 0 Å². The number of rotatable bonds is 3. The Kier molecular flexibility index (Phi) is 3.48. The molecule has 0 spiro atoms. The smallest absolute Gasteiger partial charge is 0.164 e. The summed E-state index contributed by atoms with van der Waals surface area (Å²) in [7, 11) is 0. The summed E-state index contributed by atoms with van der Waals surface area (Å²) in [6, 6.07) is 2.68. The Morgan fingerprint density at radius 1 is 1.21 bits per heavy atom. The molecular formula is C16H24N2O. The molecule has 3 rings (SSSR count). The minimum Gasteiger partial charge on any atom is -0.347 e. The first kappa shape index (κ1) is 12.9. The van der Waals surface area contributed by atoms with Crippen LogP contribution in [0.5, 0.6) is 0 Å². The molecule has 0 N–H and O–H groups in total. The van der Waals surface area contributed by atoms with Crippen LogP contribution < -0.4 is 0 Å². The number of carbonyl (C=O) groups excluding carboxylic acids is 1. The highest BCUT2D eigenvalue weighted by molar-refractivity contribution is 5.98. The van der Waals surface area contributed by atoms with Crippen LogP contribution in [-0.2, 0) is 13.0 Å². The van der Waals surface area contributed by atoms with E-state index in [9.17, 15) is 4.79 Å². The Bertz CT molecular complexity index is 483. The summed E-state index contributed by atoms with van der Waals surface area (Å²) in [5.41, 5.74) is 3.54. The van der Waals surface area contributed by atoms with Crippen LogP contribution in [0.3, 0.4) is 0 Å². The van der Waals surface area contributed by atoms with Crippen molar-refractivity contribution in [3.8, 4) is 0 Å². The second-order valence-electron chi connectivity index (χ2n) is 6.13. The minimum absolute atomic E-state index is 0.344. The predicted molar refractivity (Wildman–Crippen MR) is 76.7 cm³/mol. The van der Waals surface area contributed by atoms with Crippen LogP contribution in [-0.4, -0.2) is 34.4 Å². The van der Waals surface area contributed by atoms with Crippen LogP contribution in [0.2, 0.25) is 0 Å². The van der Waals surface area contributed by atoms with Gasteiger partial charge in [-0.3, -0.25) is 9.69 Å². The number of hydrogen-bond donors (Lipinski definition) is 0. The lowest BCUT2D eigenvalue weighted by atomic mass is 9.96. The molecule has 3 nitrogen and oxygen atoms in total. The molecule has 2 heterocycles. The number of Topliss-reactive ketones (excluding diaryl/α,β-unsaturated/α-hetero) is 1. The second-order valence-corrected chi connectivity index (χ2v) is 6.13. The van der Waals surface area contributed by atoms with Gasteiger partial charge in [0.05, 0.1) is 0 Å². The van der Waals surface area contributed by atoms with Gasteiger partial charge in [0, 0.05) is 36.0 Å². The molecule has 0 radical (unpaired) electrons. The third kappa shape index (κ3) is 2.36. The SMILES string of the molecule is Cc1cc2c(n1CC(C)N1CCCC1)CCCC2=O. The van der Waals surface area contributed by atoms with E-state index in [0.29, 0.717) is 11.8 Å². The van der Waals surface area contributed by atoms with E-state index < -0.39 is 0 Å². The third-order valence-corrected chi connectivity index (χ3v) is 4.74. The minimum atomic E-state index is 0.344. The molecule has 104 valence electrons. The number of aryl methyl sites for hydroxylation is 1. The largest absolute Gasteiger partial charge is 0.347 e. The van der Waals surface area contributed by atoms with Gasteiger partial charge < -0.3 is 4.57 Å². The average molecular weight is 260 g/mol. The van der Waals surface area contributed by atoms with E-state index in [1.807, 2.05) is 0 Å². The number of hydrogen-bond acceptors (Lipinski definition) is 2. The predicted octanol–water partition coefficient (Wildman–Crippen LogP) is 2.80. The molecule has 0 saturated carbocycles. The molecule has 0 amide bonds. The molecular weight excluding hydrogens is 236 g/mol. The third-order valence-electron chi connectivity index (χ3n) is 4.74. The molecule has 0 bridgehead atoms. The Morgan fingerprint density at radius 2 is 1.95 bits per heavy atom. The van der Waals surface area contributed by atoms with Crippen molar-refractivity contribution in [2.24, 2.45) is 0 Å². The monoisotopic (exact) mass is 260 g/mol. The first-order valence-electron chi connectivity index (χ1n) is 7.63. The molecule has 1 saturated heterocycles. The van der Waals surface area contributed by atoms with Crippen molar-refractivity contribution in [1.29, 1.82) is 0 Å². The fraction of sp³-hybridized carbons (Fsp3) is 0.688. The first-order chi connectivity index (χ1) is 9.16. The number of likely N-dealkylation sites (tertiary alicyclic amines) is 1. The quantitative estimate of drug-likeness (QED) is 0.835. The zero-order valence-corrected chi connectivity index (χ0v) is 12.1.